The number of nitrogens with one attached hydrogen (secondary N) is 2. The topological polar surface area (TPSA) is 45.7 Å². The summed E-state index contributed by atoms with van der Waals surface area (Å²) < 4.78 is 18.8. The number of rotatable bonds is 9. The summed E-state index contributed by atoms with van der Waals surface area (Å²) in [5, 5.41) is 6.62. The SMILES string of the molecule is CCNC(=NCc1ccccc1COC)NCc1ccc(F)cc1CSC.I. The van der Waals surface area contributed by atoms with Crippen LogP contribution in [-0.2, 0) is 30.2 Å². The fourth-order valence-electron chi connectivity index (χ4n) is 2.75. The van der Waals surface area contributed by atoms with Crippen molar-refractivity contribution in [2.45, 2.75) is 32.4 Å². The molecule has 0 aliphatic rings. The second-order valence-electron chi connectivity index (χ2n) is 6.10. The third-order valence-electron chi connectivity index (χ3n) is 4.08. The number of nitrogens with zero attached hydrogens (tertiary/aromatic N) is 1. The first kappa shape index (κ1) is 24.7. The van der Waals surface area contributed by atoms with Gasteiger partial charge in [0, 0.05) is 26.0 Å². The molecule has 2 N–H and O–H groups in total. The molecule has 0 spiro atoms. The number of benzene rings is 2. The lowest BCUT2D eigenvalue weighted by Gasteiger charge is -2.14. The number of hydrogen-bond donors (Lipinski definition) is 2. The highest BCUT2D eigenvalue weighted by Gasteiger charge is 2.06. The second-order valence-corrected chi connectivity index (χ2v) is 6.96. The van der Waals surface area contributed by atoms with Gasteiger partial charge >= 0.3 is 0 Å². The van der Waals surface area contributed by atoms with Gasteiger partial charge in [-0.1, -0.05) is 30.3 Å². The van der Waals surface area contributed by atoms with Crippen LogP contribution in [0.15, 0.2) is 47.5 Å². The molecule has 0 bridgehead atoms. The van der Waals surface area contributed by atoms with Gasteiger partial charge in [0.05, 0.1) is 13.2 Å². The molecule has 0 amide bonds. The van der Waals surface area contributed by atoms with Crippen LogP contribution in [0, 0.1) is 5.82 Å². The predicted molar refractivity (Wildman–Crippen MR) is 128 cm³/mol. The fourth-order valence-corrected chi connectivity index (χ4v) is 3.33. The smallest absolute Gasteiger partial charge is 0.191 e. The lowest BCUT2D eigenvalue weighted by Crippen LogP contribution is -2.37. The van der Waals surface area contributed by atoms with Crippen LogP contribution in [0.1, 0.15) is 29.2 Å². The van der Waals surface area contributed by atoms with E-state index in [2.05, 4.69) is 22.8 Å². The highest BCUT2D eigenvalue weighted by molar-refractivity contribution is 14.0. The molecule has 0 heterocycles. The van der Waals surface area contributed by atoms with Gasteiger partial charge in [0.2, 0.25) is 0 Å². The van der Waals surface area contributed by atoms with Crippen LogP contribution < -0.4 is 10.6 Å². The summed E-state index contributed by atoms with van der Waals surface area (Å²) in [6, 6.07) is 13.1. The average molecular weight is 517 g/mol. The van der Waals surface area contributed by atoms with Crippen molar-refractivity contribution in [3.05, 3.63) is 70.5 Å². The summed E-state index contributed by atoms with van der Waals surface area (Å²) in [6.45, 7) is 4.54. The number of methoxy groups -OCH3 is 1. The molecule has 4 nitrogen and oxygen atoms in total. The lowest BCUT2D eigenvalue weighted by molar-refractivity contribution is 0.184. The highest BCUT2D eigenvalue weighted by atomic mass is 127. The van der Waals surface area contributed by atoms with Crippen molar-refractivity contribution in [1.82, 2.24) is 10.6 Å². The van der Waals surface area contributed by atoms with Gasteiger partial charge in [-0.2, -0.15) is 11.8 Å². The maximum absolute atomic E-state index is 13.5. The first-order valence-electron chi connectivity index (χ1n) is 9.02. The van der Waals surface area contributed by atoms with Crippen molar-refractivity contribution < 1.29 is 9.13 Å². The van der Waals surface area contributed by atoms with E-state index in [1.807, 2.05) is 31.4 Å². The Balaban J connectivity index is 0.00000392. The predicted octanol–water partition coefficient (Wildman–Crippen LogP) is 4.71. The lowest BCUT2D eigenvalue weighted by atomic mass is 10.1. The Morgan fingerprint density at radius 3 is 2.50 bits per heavy atom. The van der Waals surface area contributed by atoms with Crippen molar-refractivity contribution in [1.29, 1.82) is 0 Å². The standard InChI is InChI=1S/C21H28FN3OS.HI/c1-4-23-21(24-12-16-7-5-6-8-18(16)14-26-2)25-13-17-9-10-20(22)11-19(17)15-27-3;/h5-11H,4,12-15H2,1-3H3,(H2,23,24,25);1H. The summed E-state index contributed by atoms with van der Waals surface area (Å²) in [6.07, 6.45) is 2.02. The molecular formula is C21H29FIN3OS. The normalized spacial score (nSPS) is 11.1. The van der Waals surface area contributed by atoms with Crippen LogP contribution >= 0.6 is 35.7 Å². The minimum Gasteiger partial charge on any atom is -0.380 e. The zero-order valence-corrected chi connectivity index (χ0v) is 19.8. The molecule has 2 rings (SSSR count). The van der Waals surface area contributed by atoms with Gasteiger partial charge in [-0.15, -0.1) is 24.0 Å². The zero-order valence-electron chi connectivity index (χ0n) is 16.6. The van der Waals surface area contributed by atoms with E-state index < -0.39 is 0 Å². The Morgan fingerprint density at radius 1 is 1.07 bits per heavy atom. The highest BCUT2D eigenvalue weighted by Crippen LogP contribution is 2.17. The van der Waals surface area contributed by atoms with Crippen molar-refractivity contribution in [2.24, 2.45) is 4.99 Å². The maximum Gasteiger partial charge on any atom is 0.191 e. The number of hydrogen-bond acceptors (Lipinski definition) is 3. The van der Waals surface area contributed by atoms with E-state index in [4.69, 9.17) is 9.73 Å². The van der Waals surface area contributed by atoms with E-state index in [0.29, 0.717) is 19.7 Å². The molecule has 2 aromatic rings. The van der Waals surface area contributed by atoms with Crippen molar-refractivity contribution in [3.8, 4) is 0 Å². The van der Waals surface area contributed by atoms with Gasteiger partial charge in [0.15, 0.2) is 5.96 Å². The quantitative estimate of drug-likeness (QED) is 0.288. The largest absolute Gasteiger partial charge is 0.380 e. The number of aliphatic imine (C=N–C) groups is 1. The summed E-state index contributed by atoms with van der Waals surface area (Å²) in [4.78, 5) is 4.69. The Hall–Kier alpha value is -1.32. The van der Waals surface area contributed by atoms with E-state index >= 15 is 0 Å². The summed E-state index contributed by atoms with van der Waals surface area (Å²) in [5.41, 5.74) is 4.37. The Kier molecular flexibility index (Phi) is 12.2. The number of ether oxygens (including phenoxy) is 1. The molecule has 0 aromatic heterocycles. The molecule has 154 valence electrons. The minimum absolute atomic E-state index is 0. The van der Waals surface area contributed by atoms with E-state index in [1.54, 1.807) is 24.9 Å². The molecular weight excluding hydrogens is 488 g/mol. The van der Waals surface area contributed by atoms with E-state index in [9.17, 15) is 4.39 Å². The van der Waals surface area contributed by atoms with Crippen LogP contribution in [-0.4, -0.2) is 25.9 Å². The number of thioether (sulfide) groups is 1. The van der Waals surface area contributed by atoms with Gasteiger partial charge in [-0.3, -0.25) is 0 Å². The first-order chi connectivity index (χ1) is 13.2. The van der Waals surface area contributed by atoms with Gasteiger partial charge in [-0.05, 0) is 47.6 Å². The van der Waals surface area contributed by atoms with Gasteiger partial charge in [-0.25, -0.2) is 9.38 Å². The molecule has 0 unspecified atom stereocenters. The summed E-state index contributed by atoms with van der Waals surface area (Å²) >= 11 is 1.68. The Morgan fingerprint density at radius 2 is 1.82 bits per heavy atom. The average Bonchev–Trinajstić information content (AvgIpc) is 2.67. The monoisotopic (exact) mass is 517 g/mol. The molecule has 7 heteroatoms. The molecule has 0 fully saturated rings. The van der Waals surface area contributed by atoms with E-state index in [1.165, 1.54) is 6.07 Å². The minimum atomic E-state index is -0.196. The summed E-state index contributed by atoms with van der Waals surface area (Å²) in [5.74, 6) is 1.33. The fraction of sp³-hybridized carbons (Fsp3) is 0.381. The zero-order chi connectivity index (χ0) is 19.5. The Bertz CT molecular complexity index is 758. The third kappa shape index (κ3) is 7.97. The second kappa shape index (κ2) is 13.8. The van der Waals surface area contributed by atoms with Crippen LogP contribution in [0.25, 0.3) is 0 Å². The number of halogens is 2. The van der Waals surface area contributed by atoms with E-state index in [-0.39, 0.29) is 29.8 Å². The number of guanidine groups is 1. The van der Waals surface area contributed by atoms with Crippen LogP contribution in [0.5, 0.6) is 0 Å². The Labute approximate surface area is 188 Å². The van der Waals surface area contributed by atoms with Crippen LogP contribution in [0.3, 0.4) is 0 Å². The third-order valence-corrected chi connectivity index (χ3v) is 4.68. The molecule has 28 heavy (non-hydrogen) atoms. The van der Waals surface area contributed by atoms with Gasteiger partial charge in [0.1, 0.15) is 5.82 Å². The van der Waals surface area contributed by atoms with E-state index in [0.717, 1.165) is 40.5 Å². The van der Waals surface area contributed by atoms with Crippen molar-refractivity contribution >= 4 is 41.7 Å². The molecule has 2 aromatic carbocycles. The van der Waals surface area contributed by atoms with Gasteiger partial charge < -0.3 is 15.4 Å². The van der Waals surface area contributed by atoms with Crippen molar-refractivity contribution in [2.75, 3.05) is 19.9 Å². The first-order valence-corrected chi connectivity index (χ1v) is 10.4. The summed E-state index contributed by atoms with van der Waals surface area (Å²) in [7, 11) is 1.69. The van der Waals surface area contributed by atoms with Gasteiger partial charge in [0.25, 0.3) is 0 Å². The van der Waals surface area contributed by atoms with Crippen LogP contribution in [0.2, 0.25) is 0 Å². The molecule has 0 saturated carbocycles. The molecule has 0 saturated heterocycles. The van der Waals surface area contributed by atoms with Crippen molar-refractivity contribution in [3.63, 3.8) is 0 Å². The molecule has 0 aliphatic carbocycles. The van der Waals surface area contributed by atoms with Crippen LogP contribution in [0.4, 0.5) is 4.39 Å². The molecule has 0 aliphatic heterocycles. The molecule has 0 atom stereocenters. The maximum atomic E-state index is 13.5. The molecule has 0 radical (unpaired) electrons.